The number of fused-ring (bicyclic) bond motifs is 3. The highest BCUT2D eigenvalue weighted by Crippen LogP contribution is 2.39. The number of rotatable bonds is 7. The average molecular weight is 385 g/mol. The van der Waals surface area contributed by atoms with Gasteiger partial charge in [0.25, 0.3) is 5.91 Å². The van der Waals surface area contributed by atoms with Crippen molar-refractivity contribution in [3.63, 3.8) is 0 Å². The van der Waals surface area contributed by atoms with Crippen LogP contribution in [0.15, 0.2) is 18.2 Å². The van der Waals surface area contributed by atoms with Crippen LogP contribution in [0.4, 0.5) is 0 Å². The van der Waals surface area contributed by atoms with Crippen LogP contribution < -0.4 is 15.8 Å². The van der Waals surface area contributed by atoms with Gasteiger partial charge in [0, 0.05) is 30.9 Å². The third kappa shape index (κ3) is 3.70. The molecule has 0 saturated carbocycles. The Balaban J connectivity index is 1.35. The Morgan fingerprint density at radius 2 is 2.00 bits per heavy atom. The Labute approximate surface area is 164 Å². The molecular weight excluding hydrogens is 358 g/mol. The normalized spacial score (nSPS) is 24.7. The summed E-state index contributed by atoms with van der Waals surface area (Å²) in [5.74, 6) is 0.590. The van der Waals surface area contributed by atoms with Gasteiger partial charge in [-0.2, -0.15) is 0 Å². The number of unbranched alkanes of at least 4 members (excludes halogenated alkanes) is 1. The molecule has 0 aliphatic carbocycles. The number of hydrogen-bond acceptors (Lipinski definition) is 4. The first kappa shape index (κ1) is 18.8. The molecule has 3 aliphatic heterocycles. The van der Waals surface area contributed by atoms with Crippen molar-refractivity contribution in [1.82, 2.24) is 10.2 Å². The number of carbonyl (C=O) groups is 3. The lowest BCUT2D eigenvalue weighted by Gasteiger charge is -2.25. The maximum absolute atomic E-state index is 13.1. The number of ether oxygens (including phenoxy) is 1. The molecule has 0 aromatic heterocycles. The molecule has 3 amide bonds. The number of nitrogens with one attached hydrogen (secondary N) is 1. The van der Waals surface area contributed by atoms with Crippen LogP contribution in [-0.2, 0) is 16.0 Å². The summed E-state index contributed by atoms with van der Waals surface area (Å²) >= 11 is 0. The van der Waals surface area contributed by atoms with Crippen LogP contribution in [0.2, 0.25) is 0 Å². The summed E-state index contributed by atoms with van der Waals surface area (Å²) in [6, 6.07) is 5.97. The first-order valence-electron chi connectivity index (χ1n) is 10.2. The van der Waals surface area contributed by atoms with Crippen molar-refractivity contribution < 1.29 is 19.1 Å². The van der Waals surface area contributed by atoms with Crippen LogP contribution in [0, 0.1) is 0 Å². The number of primary amides is 1. The molecule has 3 atom stereocenters. The fourth-order valence-electron chi connectivity index (χ4n) is 4.79. The predicted octanol–water partition coefficient (Wildman–Crippen LogP) is 1.53. The molecule has 7 nitrogen and oxygen atoms in total. The fraction of sp³-hybridized carbons (Fsp3) is 0.571. The third-order valence-corrected chi connectivity index (χ3v) is 6.13. The molecule has 28 heavy (non-hydrogen) atoms. The van der Waals surface area contributed by atoms with Gasteiger partial charge in [-0.3, -0.25) is 14.4 Å². The summed E-state index contributed by atoms with van der Waals surface area (Å²) in [4.78, 5) is 38.1. The second kappa shape index (κ2) is 7.81. The molecule has 0 unspecified atom stereocenters. The minimum absolute atomic E-state index is 0.0101. The highest BCUT2D eigenvalue weighted by Gasteiger charge is 2.49. The zero-order valence-electron chi connectivity index (χ0n) is 16.0. The second-order valence-electron chi connectivity index (χ2n) is 8.02. The molecule has 1 aromatic rings. The van der Waals surface area contributed by atoms with E-state index in [1.54, 1.807) is 0 Å². The summed E-state index contributed by atoms with van der Waals surface area (Å²) in [6.45, 7) is 0.676. The van der Waals surface area contributed by atoms with Gasteiger partial charge in [0.1, 0.15) is 5.75 Å². The van der Waals surface area contributed by atoms with E-state index in [0.717, 1.165) is 37.0 Å². The van der Waals surface area contributed by atoms with Gasteiger partial charge >= 0.3 is 0 Å². The van der Waals surface area contributed by atoms with Crippen LogP contribution >= 0.6 is 0 Å². The van der Waals surface area contributed by atoms with Crippen molar-refractivity contribution in [3.8, 4) is 5.75 Å². The highest BCUT2D eigenvalue weighted by molar-refractivity contribution is 5.95. The molecule has 3 heterocycles. The molecule has 3 N–H and O–H groups in total. The van der Waals surface area contributed by atoms with Crippen LogP contribution in [0.1, 0.15) is 60.9 Å². The van der Waals surface area contributed by atoms with Gasteiger partial charge in [0.2, 0.25) is 11.8 Å². The Morgan fingerprint density at radius 3 is 2.82 bits per heavy atom. The molecular formula is C21H27N3O4. The average Bonchev–Trinajstić information content (AvgIpc) is 3.38. The Kier molecular flexibility index (Phi) is 5.24. The van der Waals surface area contributed by atoms with Crippen LogP contribution in [0.3, 0.4) is 0 Å². The maximum atomic E-state index is 13.1. The van der Waals surface area contributed by atoms with Gasteiger partial charge in [-0.25, -0.2) is 0 Å². The number of benzene rings is 1. The van der Waals surface area contributed by atoms with E-state index < -0.39 is 0 Å². The number of nitrogens with zero attached hydrogens (tertiary/aromatic N) is 1. The van der Waals surface area contributed by atoms with E-state index in [1.165, 1.54) is 0 Å². The second-order valence-corrected chi connectivity index (χ2v) is 8.02. The van der Waals surface area contributed by atoms with Crippen molar-refractivity contribution in [2.24, 2.45) is 5.73 Å². The van der Waals surface area contributed by atoms with Crippen LogP contribution in [-0.4, -0.2) is 47.4 Å². The maximum Gasteiger partial charge on any atom is 0.254 e. The first-order valence-corrected chi connectivity index (χ1v) is 10.2. The fourth-order valence-corrected chi connectivity index (χ4v) is 4.79. The molecule has 3 aliphatic rings. The molecule has 7 heteroatoms. The first-order chi connectivity index (χ1) is 13.5. The molecule has 2 fully saturated rings. The van der Waals surface area contributed by atoms with E-state index in [9.17, 15) is 14.4 Å². The molecule has 1 aromatic carbocycles. The molecule has 2 saturated heterocycles. The van der Waals surface area contributed by atoms with E-state index in [-0.39, 0.29) is 35.8 Å². The van der Waals surface area contributed by atoms with E-state index in [0.29, 0.717) is 37.9 Å². The SMILES string of the molecule is NC(=O)CCCCC(=O)N[C@@H]1C[C@@H]2CC[C@H]1N2C(=O)c1ccc2c(c1)CCO2. The van der Waals surface area contributed by atoms with Crippen molar-refractivity contribution >= 4 is 17.7 Å². The van der Waals surface area contributed by atoms with E-state index >= 15 is 0 Å². The summed E-state index contributed by atoms with van der Waals surface area (Å²) < 4.78 is 5.53. The monoisotopic (exact) mass is 385 g/mol. The number of nitrogens with two attached hydrogens (primary N) is 1. The van der Waals surface area contributed by atoms with E-state index in [4.69, 9.17) is 10.5 Å². The largest absolute Gasteiger partial charge is 0.493 e. The van der Waals surface area contributed by atoms with Crippen molar-refractivity contribution in [2.75, 3.05) is 6.61 Å². The predicted molar refractivity (Wildman–Crippen MR) is 103 cm³/mol. The van der Waals surface area contributed by atoms with Crippen LogP contribution in [0.25, 0.3) is 0 Å². The van der Waals surface area contributed by atoms with Gasteiger partial charge < -0.3 is 20.7 Å². The Bertz CT molecular complexity index is 794. The van der Waals surface area contributed by atoms with Crippen molar-refractivity contribution in [2.45, 2.75) is 69.5 Å². The zero-order chi connectivity index (χ0) is 19.7. The molecule has 0 spiro atoms. The van der Waals surface area contributed by atoms with Crippen LogP contribution in [0.5, 0.6) is 5.75 Å². The van der Waals surface area contributed by atoms with E-state index in [1.807, 2.05) is 23.1 Å². The highest BCUT2D eigenvalue weighted by atomic mass is 16.5. The molecule has 0 radical (unpaired) electrons. The van der Waals surface area contributed by atoms with Gasteiger partial charge in [0.15, 0.2) is 0 Å². The lowest BCUT2D eigenvalue weighted by atomic mass is 9.95. The van der Waals surface area contributed by atoms with Gasteiger partial charge in [-0.15, -0.1) is 0 Å². The molecule has 2 bridgehead atoms. The Hall–Kier alpha value is -2.57. The summed E-state index contributed by atoms with van der Waals surface area (Å²) in [5.41, 5.74) is 6.92. The van der Waals surface area contributed by atoms with Crippen molar-refractivity contribution in [3.05, 3.63) is 29.3 Å². The number of carbonyl (C=O) groups excluding carboxylic acids is 3. The third-order valence-electron chi connectivity index (χ3n) is 6.13. The van der Waals surface area contributed by atoms with Gasteiger partial charge in [-0.1, -0.05) is 0 Å². The molecule has 4 rings (SSSR count). The quantitative estimate of drug-likeness (QED) is 0.695. The summed E-state index contributed by atoms with van der Waals surface area (Å²) in [6.07, 6.45) is 5.57. The van der Waals surface area contributed by atoms with E-state index in [2.05, 4.69) is 5.32 Å². The number of hydrogen-bond donors (Lipinski definition) is 2. The minimum atomic E-state index is -0.333. The topological polar surface area (TPSA) is 102 Å². The summed E-state index contributed by atoms with van der Waals surface area (Å²) in [7, 11) is 0. The van der Waals surface area contributed by atoms with Crippen molar-refractivity contribution in [1.29, 1.82) is 0 Å². The Morgan fingerprint density at radius 1 is 1.18 bits per heavy atom. The zero-order valence-corrected chi connectivity index (χ0v) is 16.0. The summed E-state index contributed by atoms with van der Waals surface area (Å²) in [5, 5.41) is 3.11. The standard InChI is InChI=1S/C21H27N3O4/c22-19(25)3-1-2-4-20(26)23-16-12-15-6-7-17(16)24(15)21(27)14-5-8-18-13(11-14)9-10-28-18/h5,8,11,15-17H,1-4,6-7,9-10,12H2,(H2,22,25)(H,23,26)/t15-,16+,17+/m0/s1. The minimum Gasteiger partial charge on any atom is -0.493 e. The lowest BCUT2D eigenvalue weighted by molar-refractivity contribution is -0.122. The van der Waals surface area contributed by atoms with Gasteiger partial charge in [-0.05, 0) is 55.9 Å². The lowest BCUT2D eigenvalue weighted by Crippen LogP contribution is -2.45. The number of amides is 3. The smallest absolute Gasteiger partial charge is 0.254 e. The van der Waals surface area contributed by atoms with Gasteiger partial charge in [0.05, 0.1) is 18.7 Å². The molecule has 150 valence electrons.